The van der Waals surface area contributed by atoms with Crippen molar-refractivity contribution in [2.75, 3.05) is 25.1 Å². The Labute approximate surface area is 194 Å². The van der Waals surface area contributed by atoms with Crippen molar-refractivity contribution in [3.8, 4) is 11.5 Å². The van der Waals surface area contributed by atoms with E-state index in [-0.39, 0.29) is 24.4 Å². The number of ether oxygens (including phenoxy) is 4. The van der Waals surface area contributed by atoms with Gasteiger partial charge in [-0.15, -0.1) is 0 Å². The normalized spacial score (nSPS) is 27.2. The number of nitrogens with two attached hydrogens (primary N) is 1. The molecule has 2 aromatic rings. The number of fused-ring (bicyclic) bond motifs is 1. The van der Waals surface area contributed by atoms with E-state index in [2.05, 4.69) is 10.6 Å². The third-order valence-corrected chi connectivity index (χ3v) is 6.88. The molecule has 2 saturated heterocycles. The van der Waals surface area contributed by atoms with Gasteiger partial charge >= 0.3 is 6.09 Å². The van der Waals surface area contributed by atoms with Gasteiger partial charge in [-0.3, -0.25) is 5.32 Å². The van der Waals surface area contributed by atoms with Crippen molar-refractivity contribution in [2.24, 2.45) is 5.92 Å². The van der Waals surface area contributed by atoms with Gasteiger partial charge in [0, 0.05) is 11.6 Å². The predicted molar refractivity (Wildman–Crippen MR) is 123 cm³/mol. The van der Waals surface area contributed by atoms with Crippen LogP contribution < -0.4 is 15.4 Å². The second-order valence-corrected chi connectivity index (χ2v) is 9.24. The number of rotatable bonds is 7. The van der Waals surface area contributed by atoms with Gasteiger partial charge in [-0.1, -0.05) is 37.5 Å². The molecule has 3 fully saturated rings. The molecule has 5 rings (SSSR count). The monoisotopic (exact) mass is 453 g/mol. The van der Waals surface area contributed by atoms with Crippen LogP contribution in [0.2, 0.25) is 0 Å². The Balaban J connectivity index is 1.07. The van der Waals surface area contributed by atoms with Crippen LogP contribution in [0, 0.1) is 5.92 Å². The summed E-state index contributed by atoms with van der Waals surface area (Å²) in [7, 11) is 0. The first-order chi connectivity index (χ1) is 16.2. The minimum atomic E-state index is -0.501. The lowest BCUT2D eigenvalue weighted by Gasteiger charge is -2.22. The summed E-state index contributed by atoms with van der Waals surface area (Å²) in [6, 6.07) is 17.0. The van der Waals surface area contributed by atoms with E-state index in [1.165, 1.54) is 32.1 Å². The number of nitrogens with one attached hydrogen (secondary N) is 1. The van der Waals surface area contributed by atoms with E-state index in [0.29, 0.717) is 24.7 Å². The smallest absolute Gasteiger partial charge is 0.412 e. The van der Waals surface area contributed by atoms with Crippen molar-refractivity contribution < 1.29 is 29.1 Å². The fraction of sp³-hybridized carbons (Fsp3) is 0.500. The zero-order valence-electron chi connectivity index (χ0n) is 18.9. The van der Waals surface area contributed by atoms with E-state index < -0.39 is 6.09 Å². The summed E-state index contributed by atoms with van der Waals surface area (Å²) < 4.78 is 23.4. The quantitative estimate of drug-likeness (QED) is 0.668. The van der Waals surface area contributed by atoms with Crippen LogP contribution in [0.5, 0.6) is 11.5 Å². The summed E-state index contributed by atoms with van der Waals surface area (Å²) in [5, 5.41) is 5.17. The van der Waals surface area contributed by atoms with Crippen LogP contribution in [0.25, 0.3) is 0 Å². The number of carbonyl (C=O) groups is 1. The van der Waals surface area contributed by atoms with E-state index in [1.54, 1.807) is 12.1 Å². The van der Waals surface area contributed by atoms with Crippen molar-refractivity contribution in [3.05, 3.63) is 54.6 Å². The Morgan fingerprint density at radius 2 is 1.64 bits per heavy atom. The molecular formula is C26H33N2O5+. The van der Waals surface area contributed by atoms with E-state index in [0.717, 1.165) is 18.2 Å². The van der Waals surface area contributed by atoms with Crippen LogP contribution >= 0.6 is 0 Å². The number of anilines is 1. The molecule has 2 aromatic carbocycles. The van der Waals surface area contributed by atoms with Crippen molar-refractivity contribution in [1.82, 2.24) is 0 Å². The molecule has 3 aliphatic rings. The number of quaternary nitrogens is 1. The Hall–Kier alpha value is -2.61. The van der Waals surface area contributed by atoms with E-state index in [4.69, 9.17) is 18.9 Å². The van der Waals surface area contributed by atoms with Gasteiger partial charge in [0.25, 0.3) is 0 Å². The lowest BCUT2D eigenvalue weighted by atomic mass is 9.89. The molecule has 1 aliphatic carbocycles. The van der Waals surface area contributed by atoms with Gasteiger partial charge in [0.1, 0.15) is 36.4 Å². The predicted octanol–water partition coefficient (Wildman–Crippen LogP) is 3.71. The molecule has 0 aromatic heterocycles. The summed E-state index contributed by atoms with van der Waals surface area (Å²) >= 11 is 0. The van der Waals surface area contributed by atoms with Crippen LogP contribution in [0.3, 0.4) is 0 Å². The molecule has 176 valence electrons. The first kappa shape index (κ1) is 22.2. The van der Waals surface area contributed by atoms with Crippen molar-refractivity contribution in [3.63, 3.8) is 0 Å². The minimum Gasteiger partial charge on any atom is -0.457 e. The first-order valence-electron chi connectivity index (χ1n) is 12.1. The Morgan fingerprint density at radius 1 is 0.909 bits per heavy atom. The van der Waals surface area contributed by atoms with Crippen LogP contribution in [0.15, 0.2) is 54.6 Å². The third kappa shape index (κ3) is 5.66. The van der Waals surface area contributed by atoms with Gasteiger partial charge in [-0.2, -0.15) is 0 Å². The van der Waals surface area contributed by atoms with Gasteiger partial charge in [0.05, 0.1) is 13.2 Å². The maximum absolute atomic E-state index is 12.5. The number of amides is 1. The van der Waals surface area contributed by atoms with E-state index in [9.17, 15) is 4.79 Å². The van der Waals surface area contributed by atoms with Gasteiger partial charge in [0.15, 0.2) is 6.10 Å². The van der Waals surface area contributed by atoms with Crippen molar-refractivity contribution >= 4 is 11.8 Å². The second-order valence-electron chi connectivity index (χ2n) is 9.24. The number of para-hydroxylation sites is 1. The molecule has 0 radical (unpaired) electrons. The lowest BCUT2D eigenvalue weighted by Crippen LogP contribution is -2.93. The highest BCUT2D eigenvalue weighted by Gasteiger charge is 2.51. The average molecular weight is 454 g/mol. The highest BCUT2D eigenvalue weighted by Crippen LogP contribution is 2.29. The highest BCUT2D eigenvalue weighted by molar-refractivity contribution is 5.84. The summed E-state index contributed by atoms with van der Waals surface area (Å²) in [6.07, 6.45) is 5.68. The molecule has 1 saturated carbocycles. The summed E-state index contributed by atoms with van der Waals surface area (Å²) in [6.45, 7) is 2.16. The fourth-order valence-electron chi connectivity index (χ4n) is 5.10. The molecule has 0 unspecified atom stereocenters. The van der Waals surface area contributed by atoms with Crippen LogP contribution in [0.4, 0.5) is 10.5 Å². The van der Waals surface area contributed by atoms with Gasteiger partial charge in [-0.25, -0.2) is 4.79 Å². The maximum atomic E-state index is 12.5. The molecule has 2 aliphatic heterocycles. The molecule has 0 spiro atoms. The Bertz CT molecular complexity index is 901. The lowest BCUT2D eigenvalue weighted by molar-refractivity contribution is -0.698. The highest BCUT2D eigenvalue weighted by atomic mass is 16.6. The molecule has 3 N–H and O–H groups in total. The Morgan fingerprint density at radius 3 is 2.42 bits per heavy atom. The molecule has 0 bridgehead atoms. The first-order valence-corrected chi connectivity index (χ1v) is 12.1. The number of hydrogen-bond acceptors (Lipinski definition) is 5. The van der Waals surface area contributed by atoms with E-state index >= 15 is 0 Å². The Kier molecular flexibility index (Phi) is 7.09. The van der Waals surface area contributed by atoms with Gasteiger partial charge in [-0.05, 0) is 49.2 Å². The molecule has 4 atom stereocenters. The summed E-state index contributed by atoms with van der Waals surface area (Å²) in [5.74, 6) is 2.27. The van der Waals surface area contributed by atoms with Crippen molar-refractivity contribution in [1.29, 1.82) is 0 Å². The van der Waals surface area contributed by atoms with Crippen LogP contribution in [-0.4, -0.2) is 50.2 Å². The fourth-order valence-corrected chi connectivity index (χ4v) is 5.10. The molecule has 2 heterocycles. The average Bonchev–Trinajstić information content (AvgIpc) is 3.43. The number of benzene rings is 2. The summed E-state index contributed by atoms with van der Waals surface area (Å²) in [5.41, 5.74) is 0.641. The van der Waals surface area contributed by atoms with Crippen LogP contribution in [0.1, 0.15) is 32.1 Å². The molecule has 7 heteroatoms. The molecular weight excluding hydrogens is 420 g/mol. The molecule has 33 heavy (non-hydrogen) atoms. The topological polar surface area (TPSA) is 82.6 Å². The maximum Gasteiger partial charge on any atom is 0.412 e. The third-order valence-electron chi connectivity index (χ3n) is 6.88. The number of hydrogen-bond donors (Lipinski definition) is 2. The molecule has 1 amide bonds. The van der Waals surface area contributed by atoms with E-state index in [1.807, 2.05) is 42.5 Å². The van der Waals surface area contributed by atoms with Gasteiger partial charge < -0.3 is 24.3 Å². The standard InChI is InChI=1S/C26H32N2O5/c29-26(28-19-11-13-21(14-12-19)32-20-9-5-2-6-10-20)33-23-17-31-24-22(16-30-25(23)24)27-15-18-7-3-1-4-8-18/h2,5-6,9-14,18,22-25,27H,1,3-4,7-8,15-17H2,(H,28,29)/p+1/t22-,23+,24+,25+/m0/s1. The largest absolute Gasteiger partial charge is 0.457 e. The minimum absolute atomic E-state index is 0.0131. The number of carbonyl (C=O) groups excluding carboxylic acids is 1. The summed E-state index contributed by atoms with van der Waals surface area (Å²) in [4.78, 5) is 12.5. The van der Waals surface area contributed by atoms with Crippen molar-refractivity contribution in [2.45, 2.75) is 56.5 Å². The zero-order valence-corrected chi connectivity index (χ0v) is 18.9. The van der Waals surface area contributed by atoms with Crippen LogP contribution in [-0.2, 0) is 14.2 Å². The zero-order chi connectivity index (χ0) is 22.5. The second kappa shape index (κ2) is 10.5. The SMILES string of the molecule is O=C(Nc1ccc(Oc2ccccc2)cc1)O[C@@H]1CO[C@H]2[C@@H]1OC[C@@H]2[NH2+]CC1CCCCC1. The molecule has 7 nitrogen and oxygen atoms in total. The van der Waals surface area contributed by atoms with Gasteiger partial charge in [0.2, 0.25) is 0 Å².